The number of hydrogen-bond acceptors (Lipinski definition) is 5. The average molecular weight is 393 g/mol. The minimum absolute atomic E-state index is 0.399. The minimum atomic E-state index is -0.485. The number of aliphatic imine (C=N–C) groups is 1. The van der Waals surface area contributed by atoms with Crippen molar-refractivity contribution in [3.63, 3.8) is 0 Å². The van der Waals surface area contributed by atoms with Crippen LogP contribution in [-0.2, 0) is 11.3 Å². The number of nitrogens with one attached hydrogen (secondary N) is 3. The fourth-order valence-electron chi connectivity index (χ4n) is 2.52. The molecule has 0 bridgehead atoms. The molecule has 0 unspecified atom stereocenters. The molecule has 0 saturated carbocycles. The zero-order chi connectivity index (χ0) is 20.4. The van der Waals surface area contributed by atoms with Crippen LogP contribution in [0.1, 0.15) is 39.2 Å². The standard InChI is InChI=1S/C20H32N4O4/c1-20(2,3)28-19(25)23-10-5-9-22-18(21-4)24-14-15-7-8-16-17(13-15)27-12-6-11-26-16/h7-8,13H,5-6,9-12,14H2,1-4H3,(H,23,25)(H2,21,22,24). The lowest BCUT2D eigenvalue weighted by Gasteiger charge is -2.19. The molecule has 28 heavy (non-hydrogen) atoms. The quantitative estimate of drug-likeness (QED) is 0.391. The van der Waals surface area contributed by atoms with Gasteiger partial charge >= 0.3 is 6.09 Å². The lowest BCUT2D eigenvalue weighted by atomic mass is 10.2. The predicted octanol–water partition coefficient (Wildman–Crippen LogP) is 2.43. The molecule has 156 valence electrons. The summed E-state index contributed by atoms with van der Waals surface area (Å²) in [4.78, 5) is 15.8. The number of carbonyl (C=O) groups is 1. The van der Waals surface area contributed by atoms with Crippen LogP contribution in [0.3, 0.4) is 0 Å². The maximum Gasteiger partial charge on any atom is 0.407 e. The fraction of sp³-hybridized carbons (Fsp3) is 0.600. The van der Waals surface area contributed by atoms with Gasteiger partial charge in [0.2, 0.25) is 0 Å². The van der Waals surface area contributed by atoms with E-state index in [4.69, 9.17) is 14.2 Å². The second-order valence-electron chi connectivity index (χ2n) is 7.47. The van der Waals surface area contributed by atoms with Crippen molar-refractivity contribution in [3.05, 3.63) is 23.8 Å². The summed E-state index contributed by atoms with van der Waals surface area (Å²) >= 11 is 0. The Hall–Kier alpha value is -2.64. The Balaban J connectivity index is 1.68. The van der Waals surface area contributed by atoms with Gasteiger partial charge in [-0.05, 0) is 44.9 Å². The molecule has 1 aliphatic heterocycles. The molecule has 1 aliphatic rings. The van der Waals surface area contributed by atoms with Crippen molar-refractivity contribution in [2.75, 3.05) is 33.4 Å². The Kier molecular flexibility index (Phi) is 8.22. The zero-order valence-corrected chi connectivity index (χ0v) is 17.3. The predicted molar refractivity (Wildman–Crippen MR) is 109 cm³/mol. The van der Waals surface area contributed by atoms with Crippen LogP contribution in [0.4, 0.5) is 4.79 Å². The molecule has 0 spiro atoms. The second-order valence-corrected chi connectivity index (χ2v) is 7.47. The first-order valence-corrected chi connectivity index (χ1v) is 9.67. The molecule has 0 fully saturated rings. The van der Waals surface area contributed by atoms with Crippen molar-refractivity contribution in [1.82, 2.24) is 16.0 Å². The minimum Gasteiger partial charge on any atom is -0.490 e. The Morgan fingerprint density at radius 1 is 1.11 bits per heavy atom. The smallest absolute Gasteiger partial charge is 0.407 e. The van der Waals surface area contributed by atoms with E-state index >= 15 is 0 Å². The van der Waals surface area contributed by atoms with Gasteiger partial charge in [0, 0.05) is 33.1 Å². The van der Waals surface area contributed by atoms with Crippen molar-refractivity contribution in [2.45, 2.75) is 45.8 Å². The van der Waals surface area contributed by atoms with Crippen LogP contribution in [0.5, 0.6) is 11.5 Å². The molecule has 1 aromatic rings. The van der Waals surface area contributed by atoms with Gasteiger partial charge in [0.1, 0.15) is 5.60 Å². The number of rotatable bonds is 6. The molecule has 8 heteroatoms. The van der Waals surface area contributed by atoms with E-state index in [1.165, 1.54) is 0 Å². The van der Waals surface area contributed by atoms with Gasteiger partial charge in [-0.25, -0.2) is 4.79 Å². The number of nitrogens with zero attached hydrogens (tertiary/aromatic N) is 1. The van der Waals surface area contributed by atoms with Gasteiger partial charge < -0.3 is 30.2 Å². The van der Waals surface area contributed by atoms with Crippen molar-refractivity contribution in [2.24, 2.45) is 4.99 Å². The highest BCUT2D eigenvalue weighted by Crippen LogP contribution is 2.30. The Morgan fingerprint density at radius 2 is 1.82 bits per heavy atom. The van der Waals surface area contributed by atoms with Gasteiger partial charge in [0.25, 0.3) is 0 Å². The van der Waals surface area contributed by atoms with Gasteiger partial charge in [-0.1, -0.05) is 6.07 Å². The molecule has 0 saturated heterocycles. The van der Waals surface area contributed by atoms with Crippen molar-refractivity contribution in [1.29, 1.82) is 0 Å². The summed E-state index contributed by atoms with van der Waals surface area (Å²) in [7, 11) is 1.72. The third-order valence-corrected chi connectivity index (χ3v) is 3.81. The highest BCUT2D eigenvalue weighted by molar-refractivity contribution is 5.79. The van der Waals surface area contributed by atoms with Crippen molar-refractivity contribution < 1.29 is 19.0 Å². The number of benzene rings is 1. The van der Waals surface area contributed by atoms with E-state index in [0.717, 1.165) is 29.9 Å². The van der Waals surface area contributed by atoms with Crippen LogP contribution in [0, 0.1) is 0 Å². The topological polar surface area (TPSA) is 93.2 Å². The van der Waals surface area contributed by atoms with Gasteiger partial charge in [-0.15, -0.1) is 0 Å². The summed E-state index contributed by atoms with van der Waals surface area (Å²) in [6, 6.07) is 5.94. The summed E-state index contributed by atoms with van der Waals surface area (Å²) in [5.74, 6) is 2.28. The summed E-state index contributed by atoms with van der Waals surface area (Å²) < 4.78 is 16.6. The Morgan fingerprint density at radius 3 is 2.54 bits per heavy atom. The molecule has 0 atom stereocenters. The average Bonchev–Trinajstić information content (AvgIpc) is 2.87. The molecule has 0 aromatic heterocycles. The summed E-state index contributed by atoms with van der Waals surface area (Å²) in [6.45, 7) is 8.70. The molecule has 1 aromatic carbocycles. The highest BCUT2D eigenvalue weighted by Gasteiger charge is 2.15. The molecule has 3 N–H and O–H groups in total. The molecule has 1 heterocycles. The molecular weight excluding hydrogens is 360 g/mol. The van der Waals surface area contributed by atoms with Crippen LogP contribution in [-0.4, -0.2) is 51.0 Å². The van der Waals surface area contributed by atoms with Crippen LogP contribution in [0.25, 0.3) is 0 Å². The molecular formula is C20H32N4O4. The molecule has 2 rings (SSSR count). The van der Waals surface area contributed by atoms with Gasteiger partial charge in [-0.2, -0.15) is 0 Å². The maximum atomic E-state index is 11.6. The van der Waals surface area contributed by atoms with Gasteiger partial charge in [-0.3, -0.25) is 4.99 Å². The number of hydrogen-bond donors (Lipinski definition) is 3. The van der Waals surface area contributed by atoms with Crippen LogP contribution in [0.15, 0.2) is 23.2 Å². The number of carbonyl (C=O) groups excluding carboxylic acids is 1. The van der Waals surface area contributed by atoms with Crippen molar-refractivity contribution in [3.8, 4) is 11.5 Å². The van der Waals surface area contributed by atoms with Crippen LogP contribution >= 0.6 is 0 Å². The molecule has 0 aliphatic carbocycles. The Bertz CT molecular complexity index is 671. The molecule has 8 nitrogen and oxygen atoms in total. The van der Waals surface area contributed by atoms with E-state index in [1.54, 1.807) is 7.05 Å². The van der Waals surface area contributed by atoms with Gasteiger partial charge in [0.15, 0.2) is 17.5 Å². The van der Waals surface area contributed by atoms with E-state index in [1.807, 2.05) is 39.0 Å². The lowest BCUT2D eigenvalue weighted by molar-refractivity contribution is 0.0527. The molecule has 1 amide bonds. The van der Waals surface area contributed by atoms with Crippen molar-refractivity contribution >= 4 is 12.1 Å². The largest absolute Gasteiger partial charge is 0.490 e. The lowest BCUT2D eigenvalue weighted by Crippen LogP contribution is -2.39. The van der Waals surface area contributed by atoms with Crippen LogP contribution < -0.4 is 25.4 Å². The molecule has 0 radical (unpaired) electrons. The summed E-state index contributed by atoms with van der Waals surface area (Å²) in [5, 5.41) is 9.23. The maximum absolute atomic E-state index is 11.6. The van der Waals surface area contributed by atoms with E-state index in [-0.39, 0.29) is 0 Å². The zero-order valence-electron chi connectivity index (χ0n) is 17.3. The van der Waals surface area contributed by atoms with Gasteiger partial charge in [0.05, 0.1) is 13.2 Å². The number of guanidine groups is 1. The normalized spacial score (nSPS) is 14.1. The number of ether oxygens (including phenoxy) is 3. The number of alkyl carbamates (subject to hydrolysis) is 1. The summed E-state index contributed by atoms with van der Waals surface area (Å²) in [6.07, 6.45) is 1.25. The van der Waals surface area contributed by atoms with E-state index in [2.05, 4.69) is 20.9 Å². The number of amides is 1. The number of fused-ring (bicyclic) bond motifs is 1. The summed E-state index contributed by atoms with van der Waals surface area (Å²) in [5.41, 5.74) is 0.597. The third-order valence-electron chi connectivity index (χ3n) is 3.81. The first-order chi connectivity index (χ1) is 13.4. The van der Waals surface area contributed by atoms with E-state index < -0.39 is 11.7 Å². The van der Waals surface area contributed by atoms with Crippen LogP contribution in [0.2, 0.25) is 0 Å². The highest BCUT2D eigenvalue weighted by atomic mass is 16.6. The monoisotopic (exact) mass is 392 g/mol. The fourth-order valence-corrected chi connectivity index (χ4v) is 2.52. The van der Waals surface area contributed by atoms with E-state index in [9.17, 15) is 4.79 Å². The first-order valence-electron chi connectivity index (χ1n) is 9.67. The van der Waals surface area contributed by atoms with E-state index in [0.29, 0.717) is 38.8 Å². The second kappa shape index (κ2) is 10.6. The third kappa shape index (κ3) is 7.94. The Labute approximate surface area is 167 Å². The SMILES string of the molecule is CN=C(NCCCNC(=O)OC(C)(C)C)NCc1ccc2c(c1)OCCCO2. The first kappa shape index (κ1) is 21.7.